The number of phenols is 1. The smallest absolute Gasteiger partial charge is 0.319 e. The number of rotatable bonds is 5. The number of ether oxygens (including phenoxy) is 2. The first-order chi connectivity index (χ1) is 16.2. The van der Waals surface area contributed by atoms with E-state index < -0.39 is 17.8 Å². The SMILES string of the molecule is COc1ncnc(-c2ccc(-c3ccc(OC4C(F)[C@]5(C)CCC4(C)CN5C)nn3)c(O)c2)n1. The van der Waals surface area contributed by atoms with E-state index in [1.165, 1.54) is 13.4 Å². The van der Waals surface area contributed by atoms with Gasteiger partial charge in [-0.05, 0) is 45.0 Å². The van der Waals surface area contributed by atoms with Crippen LogP contribution in [0.5, 0.6) is 17.6 Å². The molecule has 3 aromatic rings. The lowest BCUT2D eigenvalue weighted by molar-refractivity contribution is -0.177. The van der Waals surface area contributed by atoms with Crippen molar-refractivity contribution in [3.8, 4) is 40.3 Å². The number of hydrogen-bond donors (Lipinski definition) is 1. The minimum atomic E-state index is -1.13. The first-order valence-electron chi connectivity index (χ1n) is 11.2. The molecule has 2 aliphatic heterocycles. The maximum absolute atomic E-state index is 15.5. The highest BCUT2D eigenvalue weighted by Crippen LogP contribution is 2.51. The summed E-state index contributed by atoms with van der Waals surface area (Å²) >= 11 is 0. The Morgan fingerprint density at radius 3 is 2.62 bits per heavy atom. The highest BCUT2D eigenvalue weighted by Gasteiger charge is 2.61. The van der Waals surface area contributed by atoms with Gasteiger partial charge in [0, 0.05) is 29.2 Å². The quantitative estimate of drug-likeness (QED) is 0.606. The van der Waals surface area contributed by atoms with E-state index in [1.807, 2.05) is 14.0 Å². The number of benzene rings is 1. The van der Waals surface area contributed by atoms with Crippen molar-refractivity contribution in [1.82, 2.24) is 30.0 Å². The predicted molar refractivity (Wildman–Crippen MR) is 122 cm³/mol. The van der Waals surface area contributed by atoms with Crippen LogP contribution in [0.1, 0.15) is 26.7 Å². The zero-order chi connectivity index (χ0) is 24.1. The first-order valence-corrected chi connectivity index (χ1v) is 11.2. The Bertz CT molecular complexity index is 1210. The van der Waals surface area contributed by atoms with E-state index in [0.717, 1.165) is 19.4 Å². The predicted octanol–water partition coefficient (Wildman–Crippen LogP) is 3.30. The van der Waals surface area contributed by atoms with E-state index in [4.69, 9.17) is 9.47 Å². The summed E-state index contributed by atoms with van der Waals surface area (Å²) in [5, 5.41) is 19.0. The molecule has 6 rings (SSSR count). The molecule has 3 unspecified atom stereocenters. The second kappa shape index (κ2) is 8.12. The minimum absolute atomic E-state index is 0.00302. The minimum Gasteiger partial charge on any atom is -0.507 e. The molecule has 4 atom stereocenters. The summed E-state index contributed by atoms with van der Waals surface area (Å²) in [7, 11) is 3.45. The van der Waals surface area contributed by atoms with E-state index in [9.17, 15) is 5.11 Å². The van der Waals surface area contributed by atoms with Crippen molar-refractivity contribution in [3.05, 3.63) is 36.7 Å². The number of nitrogens with zero attached hydrogens (tertiary/aromatic N) is 6. The maximum atomic E-state index is 15.5. The Morgan fingerprint density at radius 1 is 1.12 bits per heavy atom. The third kappa shape index (κ3) is 3.62. The average molecular weight is 467 g/mol. The number of halogens is 1. The van der Waals surface area contributed by atoms with Crippen molar-refractivity contribution in [3.63, 3.8) is 0 Å². The molecular formula is C24H27FN6O3. The second-order valence-corrected chi connectivity index (χ2v) is 9.59. The van der Waals surface area contributed by atoms with Crippen LogP contribution >= 0.6 is 0 Å². The van der Waals surface area contributed by atoms with Crippen molar-refractivity contribution in [2.24, 2.45) is 5.41 Å². The van der Waals surface area contributed by atoms with Gasteiger partial charge in [0.15, 0.2) is 12.0 Å². The van der Waals surface area contributed by atoms with Crippen molar-refractivity contribution in [2.45, 2.75) is 44.5 Å². The molecule has 2 saturated heterocycles. The Hall–Kier alpha value is -3.40. The van der Waals surface area contributed by atoms with Gasteiger partial charge in [0.25, 0.3) is 0 Å². The summed E-state index contributed by atoms with van der Waals surface area (Å²) in [4.78, 5) is 14.3. The van der Waals surface area contributed by atoms with Gasteiger partial charge in [0.05, 0.1) is 18.3 Å². The Morgan fingerprint density at radius 2 is 1.94 bits per heavy atom. The molecule has 9 nitrogen and oxygen atoms in total. The average Bonchev–Trinajstić information content (AvgIpc) is 2.84. The second-order valence-electron chi connectivity index (χ2n) is 9.59. The zero-order valence-corrected chi connectivity index (χ0v) is 19.6. The van der Waals surface area contributed by atoms with Gasteiger partial charge in [0.2, 0.25) is 5.88 Å². The number of hydrogen-bond acceptors (Lipinski definition) is 9. The fourth-order valence-corrected chi connectivity index (χ4v) is 5.06. The Labute approximate surface area is 197 Å². The monoisotopic (exact) mass is 466 g/mol. The molecule has 0 spiro atoms. The standard InChI is InChI=1S/C24H27FN6O3/c1-23-9-10-24(2,31(3)12-23)19(25)20(23)34-18-8-7-16(29-30-18)15-6-5-14(11-17(15)32)21-26-13-27-22(28-21)33-4/h5-8,11,13,19-20,32H,9-10,12H2,1-4H3/t19?,20?,23?,24-/m0/s1. The van der Waals surface area contributed by atoms with E-state index in [1.54, 1.807) is 30.3 Å². The highest BCUT2D eigenvalue weighted by molar-refractivity contribution is 5.71. The molecule has 2 bridgehead atoms. The summed E-state index contributed by atoms with van der Waals surface area (Å²) in [5.41, 5.74) is 0.724. The lowest BCUT2D eigenvalue weighted by Gasteiger charge is -2.61. The summed E-state index contributed by atoms with van der Waals surface area (Å²) in [6, 6.07) is 8.57. The first kappa shape index (κ1) is 22.4. The molecule has 0 radical (unpaired) electrons. The van der Waals surface area contributed by atoms with Crippen molar-refractivity contribution < 1.29 is 19.0 Å². The number of aromatic hydroxyl groups is 1. The number of fused-ring (bicyclic) bond motifs is 3. The normalized spacial score (nSPS) is 28.6. The van der Waals surface area contributed by atoms with E-state index in [-0.39, 0.29) is 23.1 Å². The van der Waals surface area contributed by atoms with Crippen LogP contribution in [0.25, 0.3) is 22.6 Å². The van der Waals surface area contributed by atoms with Gasteiger partial charge in [-0.3, -0.25) is 4.90 Å². The molecular weight excluding hydrogens is 439 g/mol. The molecule has 4 heterocycles. The topological polar surface area (TPSA) is 106 Å². The van der Waals surface area contributed by atoms with Gasteiger partial charge in [-0.2, -0.15) is 9.97 Å². The van der Waals surface area contributed by atoms with E-state index in [0.29, 0.717) is 22.6 Å². The van der Waals surface area contributed by atoms with Gasteiger partial charge in [-0.25, -0.2) is 9.37 Å². The van der Waals surface area contributed by atoms with Crippen LogP contribution < -0.4 is 9.47 Å². The molecule has 1 aromatic carbocycles. The zero-order valence-electron chi connectivity index (χ0n) is 19.6. The van der Waals surface area contributed by atoms with Crippen LogP contribution in [0, 0.1) is 5.41 Å². The number of alkyl halides is 1. The van der Waals surface area contributed by atoms with Crippen molar-refractivity contribution in [2.75, 3.05) is 20.7 Å². The number of phenolic OH excluding ortho intramolecular Hbond substituents is 1. The molecule has 10 heteroatoms. The van der Waals surface area contributed by atoms with Gasteiger partial charge < -0.3 is 14.6 Å². The van der Waals surface area contributed by atoms with Gasteiger partial charge >= 0.3 is 6.01 Å². The summed E-state index contributed by atoms with van der Waals surface area (Å²) in [6.45, 7) is 4.80. The van der Waals surface area contributed by atoms with Crippen LogP contribution in [0.3, 0.4) is 0 Å². The summed E-state index contributed by atoms with van der Waals surface area (Å²) < 4.78 is 26.6. The lowest BCUT2D eigenvalue weighted by Crippen LogP contribution is -2.72. The molecule has 178 valence electrons. The third-order valence-corrected chi connectivity index (χ3v) is 7.37. The van der Waals surface area contributed by atoms with Crippen LogP contribution in [-0.4, -0.2) is 73.7 Å². The van der Waals surface area contributed by atoms with Crippen LogP contribution in [0.2, 0.25) is 0 Å². The van der Waals surface area contributed by atoms with E-state index in [2.05, 4.69) is 37.0 Å². The van der Waals surface area contributed by atoms with Gasteiger partial charge in [-0.15, -0.1) is 10.2 Å². The Kier molecular flexibility index (Phi) is 5.35. The fourth-order valence-electron chi connectivity index (χ4n) is 5.06. The molecule has 1 N–H and O–H groups in total. The van der Waals surface area contributed by atoms with Crippen LogP contribution in [0.4, 0.5) is 4.39 Å². The summed E-state index contributed by atoms with van der Waals surface area (Å²) in [6.07, 6.45) is 1.33. The van der Waals surface area contributed by atoms with Crippen molar-refractivity contribution >= 4 is 0 Å². The van der Waals surface area contributed by atoms with E-state index >= 15 is 4.39 Å². The molecule has 1 aliphatic carbocycles. The molecule has 1 saturated carbocycles. The van der Waals surface area contributed by atoms with Crippen LogP contribution in [0.15, 0.2) is 36.7 Å². The number of piperidine rings is 2. The highest BCUT2D eigenvalue weighted by atomic mass is 19.1. The van der Waals surface area contributed by atoms with Gasteiger partial charge in [-0.1, -0.05) is 13.0 Å². The van der Waals surface area contributed by atoms with Crippen molar-refractivity contribution in [1.29, 1.82) is 0 Å². The maximum Gasteiger partial charge on any atom is 0.319 e. The molecule has 2 aromatic heterocycles. The molecule has 0 amide bonds. The number of aromatic nitrogens is 5. The molecule has 34 heavy (non-hydrogen) atoms. The van der Waals surface area contributed by atoms with Crippen LogP contribution in [-0.2, 0) is 0 Å². The fraction of sp³-hybridized carbons (Fsp3) is 0.458. The lowest BCUT2D eigenvalue weighted by atomic mass is 9.60. The van der Waals surface area contributed by atoms with Gasteiger partial charge in [0.1, 0.15) is 18.2 Å². The largest absolute Gasteiger partial charge is 0.507 e. The summed E-state index contributed by atoms with van der Waals surface area (Å²) in [5.74, 6) is 0.639. The number of methoxy groups -OCH3 is 1. The third-order valence-electron chi connectivity index (χ3n) is 7.37. The Balaban J connectivity index is 1.35. The molecule has 3 fully saturated rings. The molecule has 3 aliphatic rings.